The average Bonchev–Trinajstić information content (AvgIpc) is 2.13. The van der Waals surface area contributed by atoms with Crippen LogP contribution in [0.2, 0.25) is 0 Å². The molecule has 1 aliphatic rings. The molecular formula is C12H20F3NO2. The van der Waals surface area contributed by atoms with Crippen molar-refractivity contribution >= 4 is 6.09 Å². The van der Waals surface area contributed by atoms with Gasteiger partial charge >= 0.3 is 12.3 Å². The molecule has 0 unspecified atom stereocenters. The quantitative estimate of drug-likeness (QED) is 0.726. The van der Waals surface area contributed by atoms with E-state index in [1.165, 1.54) is 4.90 Å². The minimum absolute atomic E-state index is 0.343. The van der Waals surface area contributed by atoms with E-state index in [2.05, 4.69) is 0 Å². The van der Waals surface area contributed by atoms with Gasteiger partial charge in [0.15, 0.2) is 0 Å². The molecule has 0 saturated carbocycles. The number of carbonyl (C=O) groups is 1. The third kappa shape index (κ3) is 5.60. The van der Waals surface area contributed by atoms with Crippen LogP contribution >= 0.6 is 0 Å². The highest BCUT2D eigenvalue weighted by molar-refractivity contribution is 5.68. The van der Waals surface area contributed by atoms with Crippen LogP contribution in [0.15, 0.2) is 0 Å². The fourth-order valence-corrected chi connectivity index (χ4v) is 1.97. The summed E-state index contributed by atoms with van der Waals surface area (Å²) in [6.45, 7) is 5.98. The first kappa shape index (κ1) is 15.1. The maximum absolute atomic E-state index is 12.2. The van der Waals surface area contributed by atoms with Gasteiger partial charge in [0.05, 0.1) is 0 Å². The van der Waals surface area contributed by atoms with Gasteiger partial charge in [-0.1, -0.05) is 0 Å². The Balaban J connectivity index is 2.37. The van der Waals surface area contributed by atoms with Gasteiger partial charge < -0.3 is 9.64 Å². The molecule has 0 aromatic carbocycles. The summed E-state index contributed by atoms with van der Waals surface area (Å²) in [7, 11) is 0. The van der Waals surface area contributed by atoms with Gasteiger partial charge in [0.1, 0.15) is 5.60 Å². The summed E-state index contributed by atoms with van der Waals surface area (Å²) in [6, 6.07) is 0. The van der Waals surface area contributed by atoms with Gasteiger partial charge in [-0.25, -0.2) is 4.79 Å². The fraction of sp³-hybridized carbons (Fsp3) is 0.917. The van der Waals surface area contributed by atoms with Crippen LogP contribution in [0, 0.1) is 5.92 Å². The molecule has 1 amide bonds. The number of rotatable bonds is 1. The Morgan fingerprint density at radius 3 is 2.11 bits per heavy atom. The van der Waals surface area contributed by atoms with Crippen LogP contribution in [-0.2, 0) is 4.74 Å². The largest absolute Gasteiger partial charge is 0.444 e. The van der Waals surface area contributed by atoms with Crippen molar-refractivity contribution in [3.8, 4) is 0 Å². The monoisotopic (exact) mass is 267 g/mol. The van der Waals surface area contributed by atoms with Gasteiger partial charge in [-0.15, -0.1) is 0 Å². The second kappa shape index (κ2) is 5.36. The van der Waals surface area contributed by atoms with E-state index >= 15 is 0 Å². The average molecular weight is 267 g/mol. The molecule has 0 radical (unpaired) electrons. The van der Waals surface area contributed by atoms with Crippen molar-refractivity contribution in [1.82, 2.24) is 4.90 Å². The first-order valence-electron chi connectivity index (χ1n) is 6.11. The summed E-state index contributed by atoms with van der Waals surface area (Å²) < 4.78 is 41.8. The molecule has 0 N–H and O–H groups in total. The van der Waals surface area contributed by atoms with Crippen molar-refractivity contribution in [2.45, 2.75) is 51.8 Å². The van der Waals surface area contributed by atoms with Crippen molar-refractivity contribution in [1.29, 1.82) is 0 Å². The van der Waals surface area contributed by atoms with E-state index in [4.69, 9.17) is 4.74 Å². The Labute approximate surface area is 105 Å². The van der Waals surface area contributed by atoms with Gasteiger partial charge in [0.2, 0.25) is 0 Å². The highest BCUT2D eigenvalue weighted by Gasteiger charge is 2.34. The van der Waals surface area contributed by atoms with Crippen LogP contribution in [0.1, 0.15) is 40.0 Å². The molecule has 106 valence electrons. The fourth-order valence-electron chi connectivity index (χ4n) is 1.97. The van der Waals surface area contributed by atoms with E-state index in [0.29, 0.717) is 25.9 Å². The Bertz CT molecular complexity index is 289. The number of amides is 1. The number of carbonyl (C=O) groups excluding carboxylic acids is 1. The van der Waals surface area contributed by atoms with E-state index < -0.39 is 24.3 Å². The number of hydrogen-bond donors (Lipinski definition) is 0. The zero-order valence-corrected chi connectivity index (χ0v) is 11.0. The predicted molar refractivity (Wildman–Crippen MR) is 61.2 cm³/mol. The second-order valence-electron chi connectivity index (χ2n) is 5.73. The molecule has 1 saturated heterocycles. The first-order valence-corrected chi connectivity index (χ1v) is 6.11. The highest BCUT2D eigenvalue weighted by Crippen LogP contribution is 2.31. The van der Waals surface area contributed by atoms with Gasteiger partial charge in [-0.2, -0.15) is 13.2 Å². The molecule has 0 bridgehead atoms. The lowest BCUT2D eigenvalue weighted by Gasteiger charge is -2.33. The molecular weight excluding hydrogens is 247 g/mol. The smallest absolute Gasteiger partial charge is 0.410 e. The highest BCUT2D eigenvalue weighted by atomic mass is 19.4. The molecule has 18 heavy (non-hydrogen) atoms. The lowest BCUT2D eigenvalue weighted by molar-refractivity contribution is -0.147. The molecule has 1 heterocycles. The van der Waals surface area contributed by atoms with Crippen molar-refractivity contribution in [2.24, 2.45) is 5.92 Å². The van der Waals surface area contributed by atoms with Gasteiger partial charge in [-0.3, -0.25) is 0 Å². The second-order valence-corrected chi connectivity index (χ2v) is 5.73. The Morgan fingerprint density at radius 1 is 1.22 bits per heavy atom. The zero-order valence-electron chi connectivity index (χ0n) is 11.0. The molecule has 0 aromatic heterocycles. The van der Waals surface area contributed by atoms with Crippen LogP contribution in [0.5, 0.6) is 0 Å². The van der Waals surface area contributed by atoms with Crippen LogP contribution in [0.3, 0.4) is 0 Å². The van der Waals surface area contributed by atoms with E-state index in [9.17, 15) is 18.0 Å². The third-order valence-electron chi connectivity index (χ3n) is 2.79. The molecule has 1 fully saturated rings. The van der Waals surface area contributed by atoms with Crippen molar-refractivity contribution < 1.29 is 22.7 Å². The number of likely N-dealkylation sites (tertiary alicyclic amines) is 1. The molecule has 0 spiro atoms. The van der Waals surface area contributed by atoms with E-state index in [1.807, 2.05) is 0 Å². The maximum Gasteiger partial charge on any atom is 0.410 e. The number of piperidine rings is 1. The summed E-state index contributed by atoms with van der Waals surface area (Å²) >= 11 is 0. The van der Waals surface area contributed by atoms with E-state index in [-0.39, 0.29) is 5.92 Å². The number of ether oxygens (including phenoxy) is 1. The lowest BCUT2D eigenvalue weighted by atomic mass is 9.93. The van der Waals surface area contributed by atoms with Gasteiger partial charge in [0, 0.05) is 19.5 Å². The van der Waals surface area contributed by atoms with Gasteiger partial charge in [0.25, 0.3) is 0 Å². The Kier molecular flexibility index (Phi) is 4.50. The SMILES string of the molecule is CC(C)(C)OC(=O)N1CCC(CC(F)(F)F)CC1. The summed E-state index contributed by atoms with van der Waals surface area (Å²) in [6.07, 6.45) is -4.53. The zero-order chi connectivity index (χ0) is 14.0. The Hall–Kier alpha value is -0.940. The molecule has 1 aliphatic heterocycles. The molecule has 0 aromatic rings. The van der Waals surface area contributed by atoms with Crippen LogP contribution in [0.4, 0.5) is 18.0 Å². The summed E-state index contributed by atoms with van der Waals surface area (Å²) in [5, 5.41) is 0. The van der Waals surface area contributed by atoms with E-state index in [0.717, 1.165) is 0 Å². The number of alkyl halides is 3. The third-order valence-corrected chi connectivity index (χ3v) is 2.79. The standard InChI is InChI=1S/C12H20F3NO2/c1-11(2,3)18-10(17)16-6-4-9(5-7-16)8-12(13,14)15/h9H,4-8H2,1-3H3. The minimum atomic E-state index is -4.11. The van der Waals surface area contributed by atoms with Crippen LogP contribution < -0.4 is 0 Å². The number of halogens is 3. The molecule has 0 aliphatic carbocycles. The van der Waals surface area contributed by atoms with Crippen LogP contribution in [-0.4, -0.2) is 35.9 Å². The van der Waals surface area contributed by atoms with Gasteiger partial charge in [-0.05, 0) is 39.5 Å². The molecule has 3 nitrogen and oxygen atoms in total. The molecule has 0 atom stereocenters. The number of hydrogen-bond acceptors (Lipinski definition) is 2. The van der Waals surface area contributed by atoms with Crippen molar-refractivity contribution in [3.05, 3.63) is 0 Å². The lowest BCUT2D eigenvalue weighted by Crippen LogP contribution is -2.42. The van der Waals surface area contributed by atoms with Crippen molar-refractivity contribution in [3.63, 3.8) is 0 Å². The normalized spacial score (nSPS) is 18.9. The Morgan fingerprint density at radius 2 is 1.72 bits per heavy atom. The van der Waals surface area contributed by atoms with Crippen molar-refractivity contribution in [2.75, 3.05) is 13.1 Å². The minimum Gasteiger partial charge on any atom is -0.444 e. The van der Waals surface area contributed by atoms with Crippen LogP contribution in [0.25, 0.3) is 0 Å². The maximum atomic E-state index is 12.2. The first-order chi connectivity index (χ1) is 8.07. The predicted octanol–water partition coefficient (Wildman–Crippen LogP) is 3.59. The molecule has 6 heteroatoms. The summed E-state index contributed by atoms with van der Waals surface area (Å²) in [4.78, 5) is 13.2. The molecule has 1 rings (SSSR count). The topological polar surface area (TPSA) is 29.5 Å². The summed E-state index contributed by atoms with van der Waals surface area (Å²) in [5.74, 6) is -0.372. The van der Waals surface area contributed by atoms with E-state index in [1.54, 1.807) is 20.8 Å². The summed E-state index contributed by atoms with van der Waals surface area (Å²) in [5.41, 5.74) is -0.570. The number of nitrogens with zero attached hydrogens (tertiary/aromatic N) is 1.